The summed E-state index contributed by atoms with van der Waals surface area (Å²) in [5.41, 5.74) is 7.54. The van der Waals surface area contributed by atoms with Gasteiger partial charge in [0.05, 0.1) is 13.2 Å². The summed E-state index contributed by atoms with van der Waals surface area (Å²) in [5.74, 6) is -2.18. The van der Waals surface area contributed by atoms with Gasteiger partial charge in [-0.3, -0.25) is 14.5 Å². The zero-order chi connectivity index (χ0) is 22.9. The average molecular weight is 447 g/mol. The Morgan fingerprint density at radius 2 is 2.00 bits per heavy atom. The van der Waals surface area contributed by atoms with Crippen LogP contribution in [-0.4, -0.2) is 84.4 Å². The molecule has 2 atom stereocenters. The van der Waals surface area contributed by atoms with E-state index in [1.54, 1.807) is 6.20 Å². The first-order valence-electron chi connectivity index (χ1n) is 10.7. The van der Waals surface area contributed by atoms with Crippen molar-refractivity contribution in [3.05, 3.63) is 36.0 Å². The lowest BCUT2D eigenvalue weighted by Crippen LogP contribution is -2.43. The van der Waals surface area contributed by atoms with Crippen LogP contribution in [0.1, 0.15) is 18.4 Å². The first-order chi connectivity index (χ1) is 15.4. The summed E-state index contributed by atoms with van der Waals surface area (Å²) in [6, 6.07) is 5.52. The molecular weight excluding hydrogens is 416 g/mol. The van der Waals surface area contributed by atoms with Crippen LogP contribution in [0.2, 0.25) is 0 Å². The minimum Gasteiger partial charge on any atom is -0.480 e. The molecule has 1 fully saturated rings. The fourth-order valence-corrected chi connectivity index (χ4v) is 3.60. The molecule has 5 N–H and O–H groups in total. The molecule has 0 saturated carbocycles. The maximum atomic E-state index is 12.3. The van der Waals surface area contributed by atoms with Gasteiger partial charge in [-0.15, -0.1) is 0 Å². The molecule has 3 rings (SSSR count). The fraction of sp³-hybridized carbons (Fsp3) is 0.500. The Morgan fingerprint density at radius 3 is 2.75 bits per heavy atom. The molecule has 10 heteroatoms. The van der Waals surface area contributed by atoms with Gasteiger partial charge >= 0.3 is 11.9 Å². The number of nitrogens with zero attached hydrogens (tertiary/aromatic N) is 1. The quantitative estimate of drug-likeness (QED) is 0.360. The lowest BCUT2D eigenvalue weighted by atomic mass is 10.0. The molecular formula is C22H30N4O6. The second-order valence-corrected chi connectivity index (χ2v) is 7.79. The number of morpholine rings is 1. The van der Waals surface area contributed by atoms with E-state index in [1.807, 2.05) is 24.3 Å². The van der Waals surface area contributed by atoms with Crippen LogP contribution in [0, 0.1) is 0 Å². The standard InChI is InChI=1S/C22H30N4O6/c23-17(22(30)32-12-9-26-7-10-31-11-8-26)5-6-20(27)25-19(21(28)29)13-15-14-24-18-4-2-1-3-16(15)18/h1-4,14,17,19,24H,5-13,23H2,(H,25,27)(H,28,29)/t17-,19?/m1/s1. The molecule has 32 heavy (non-hydrogen) atoms. The van der Waals surface area contributed by atoms with Gasteiger partial charge in [0.15, 0.2) is 0 Å². The number of nitrogens with two attached hydrogens (primary N) is 1. The van der Waals surface area contributed by atoms with Crippen LogP contribution in [0.5, 0.6) is 0 Å². The molecule has 1 aliphatic rings. The van der Waals surface area contributed by atoms with E-state index < -0.39 is 29.9 Å². The van der Waals surface area contributed by atoms with E-state index in [2.05, 4.69) is 15.2 Å². The molecule has 0 radical (unpaired) electrons. The Balaban J connectivity index is 1.41. The highest BCUT2D eigenvalue weighted by atomic mass is 16.5. The molecule has 1 aromatic heterocycles. The molecule has 0 spiro atoms. The third-order valence-corrected chi connectivity index (χ3v) is 5.47. The zero-order valence-corrected chi connectivity index (χ0v) is 17.9. The molecule has 0 bridgehead atoms. The van der Waals surface area contributed by atoms with Crippen LogP contribution < -0.4 is 11.1 Å². The summed E-state index contributed by atoms with van der Waals surface area (Å²) in [6.45, 7) is 3.77. The van der Waals surface area contributed by atoms with Gasteiger partial charge in [-0.1, -0.05) is 18.2 Å². The number of H-pyrrole nitrogens is 1. The third-order valence-electron chi connectivity index (χ3n) is 5.47. The van der Waals surface area contributed by atoms with Gasteiger partial charge in [0, 0.05) is 49.6 Å². The van der Waals surface area contributed by atoms with E-state index in [-0.39, 0.29) is 25.9 Å². The minimum absolute atomic E-state index is 0.0711. The molecule has 1 amide bonds. The molecule has 10 nitrogen and oxygen atoms in total. The second kappa shape index (κ2) is 11.6. The monoisotopic (exact) mass is 446 g/mol. The molecule has 0 aliphatic carbocycles. The number of carbonyl (C=O) groups excluding carboxylic acids is 2. The number of fused-ring (bicyclic) bond motifs is 1. The van der Waals surface area contributed by atoms with E-state index in [4.69, 9.17) is 15.2 Å². The van der Waals surface area contributed by atoms with Crippen molar-refractivity contribution in [2.45, 2.75) is 31.3 Å². The summed E-state index contributed by atoms with van der Waals surface area (Å²) in [6.07, 6.45) is 1.88. The zero-order valence-electron chi connectivity index (χ0n) is 17.9. The molecule has 1 saturated heterocycles. The predicted molar refractivity (Wildman–Crippen MR) is 117 cm³/mol. The topological polar surface area (TPSA) is 147 Å². The Bertz CT molecular complexity index is 924. The van der Waals surface area contributed by atoms with E-state index in [0.29, 0.717) is 19.8 Å². The summed E-state index contributed by atoms with van der Waals surface area (Å²) in [7, 11) is 0. The summed E-state index contributed by atoms with van der Waals surface area (Å²) >= 11 is 0. The number of carbonyl (C=O) groups is 3. The Labute approximate surface area is 186 Å². The third kappa shape index (κ3) is 6.78. The number of nitrogens with one attached hydrogen (secondary N) is 2. The highest BCUT2D eigenvalue weighted by Gasteiger charge is 2.23. The normalized spacial score (nSPS) is 16.4. The van der Waals surface area contributed by atoms with Crippen molar-refractivity contribution >= 4 is 28.7 Å². The number of rotatable bonds is 11. The molecule has 1 aromatic carbocycles. The Kier molecular flexibility index (Phi) is 8.60. The van der Waals surface area contributed by atoms with Crippen molar-refractivity contribution in [1.82, 2.24) is 15.2 Å². The molecule has 2 aromatic rings. The molecule has 1 aliphatic heterocycles. The van der Waals surface area contributed by atoms with Crippen LogP contribution in [0.3, 0.4) is 0 Å². The van der Waals surface area contributed by atoms with Crippen molar-refractivity contribution in [2.24, 2.45) is 5.73 Å². The van der Waals surface area contributed by atoms with E-state index >= 15 is 0 Å². The van der Waals surface area contributed by atoms with Crippen LogP contribution in [0.4, 0.5) is 0 Å². The maximum absolute atomic E-state index is 12.3. The SMILES string of the molecule is N[C@H](CCC(=O)NC(Cc1c[nH]c2ccccc12)C(=O)O)C(=O)OCCN1CCOCC1. The lowest BCUT2D eigenvalue weighted by molar-refractivity contribution is -0.146. The van der Waals surface area contributed by atoms with E-state index in [1.165, 1.54) is 0 Å². The van der Waals surface area contributed by atoms with E-state index in [0.717, 1.165) is 29.6 Å². The number of aliphatic carboxylic acids is 1. The van der Waals surface area contributed by atoms with Crippen LogP contribution in [0.25, 0.3) is 10.9 Å². The number of hydrogen-bond acceptors (Lipinski definition) is 7. The maximum Gasteiger partial charge on any atom is 0.326 e. The first kappa shape index (κ1) is 23.7. The number of esters is 1. The van der Waals surface area contributed by atoms with Crippen LogP contribution in [0.15, 0.2) is 30.5 Å². The Hall–Kier alpha value is -2.95. The number of aromatic nitrogens is 1. The number of aromatic amines is 1. The van der Waals surface area contributed by atoms with Crippen molar-refractivity contribution < 1.29 is 29.0 Å². The number of carboxylic acids is 1. The van der Waals surface area contributed by atoms with Crippen molar-refractivity contribution in [3.8, 4) is 0 Å². The van der Waals surface area contributed by atoms with Gasteiger partial charge in [0.1, 0.15) is 18.7 Å². The number of hydrogen-bond donors (Lipinski definition) is 4. The van der Waals surface area contributed by atoms with Crippen LogP contribution in [-0.2, 0) is 30.3 Å². The summed E-state index contributed by atoms with van der Waals surface area (Å²) < 4.78 is 10.5. The molecule has 2 heterocycles. The Morgan fingerprint density at radius 1 is 1.25 bits per heavy atom. The lowest BCUT2D eigenvalue weighted by Gasteiger charge is -2.26. The van der Waals surface area contributed by atoms with Gasteiger partial charge in [-0.25, -0.2) is 4.79 Å². The second-order valence-electron chi connectivity index (χ2n) is 7.79. The number of ether oxygens (including phenoxy) is 2. The van der Waals surface area contributed by atoms with Gasteiger partial charge < -0.3 is 30.6 Å². The average Bonchev–Trinajstić information content (AvgIpc) is 3.20. The van der Waals surface area contributed by atoms with Crippen LogP contribution >= 0.6 is 0 Å². The van der Waals surface area contributed by atoms with Gasteiger partial charge in [0.2, 0.25) is 5.91 Å². The molecule has 1 unspecified atom stereocenters. The van der Waals surface area contributed by atoms with E-state index in [9.17, 15) is 19.5 Å². The highest BCUT2D eigenvalue weighted by Crippen LogP contribution is 2.19. The number of amides is 1. The highest BCUT2D eigenvalue weighted by molar-refractivity contribution is 5.87. The first-order valence-corrected chi connectivity index (χ1v) is 10.7. The largest absolute Gasteiger partial charge is 0.480 e. The van der Waals surface area contributed by atoms with Gasteiger partial charge in [0.25, 0.3) is 0 Å². The summed E-state index contributed by atoms with van der Waals surface area (Å²) in [5, 5.41) is 13.0. The van der Waals surface area contributed by atoms with Gasteiger partial charge in [-0.2, -0.15) is 0 Å². The molecule has 174 valence electrons. The fourth-order valence-electron chi connectivity index (χ4n) is 3.60. The van der Waals surface area contributed by atoms with Crippen molar-refractivity contribution in [1.29, 1.82) is 0 Å². The van der Waals surface area contributed by atoms with Crippen molar-refractivity contribution in [2.75, 3.05) is 39.5 Å². The number of benzene rings is 1. The number of carboxylic acid groups (broad SMARTS) is 1. The van der Waals surface area contributed by atoms with Gasteiger partial charge in [-0.05, 0) is 18.1 Å². The van der Waals surface area contributed by atoms with Crippen molar-refractivity contribution in [3.63, 3.8) is 0 Å². The summed E-state index contributed by atoms with van der Waals surface area (Å²) in [4.78, 5) is 41.2. The minimum atomic E-state index is -1.13. The number of para-hydroxylation sites is 1. The smallest absolute Gasteiger partial charge is 0.326 e. The predicted octanol–water partition coefficient (Wildman–Crippen LogP) is 0.263.